The Hall–Kier alpha value is -1.94. The summed E-state index contributed by atoms with van der Waals surface area (Å²) in [5, 5.41) is 5.94. The van der Waals surface area contributed by atoms with Gasteiger partial charge in [0, 0.05) is 4.91 Å². The molecule has 1 aliphatic heterocycles. The summed E-state index contributed by atoms with van der Waals surface area (Å²) in [5.41, 5.74) is 8.18. The molecule has 1 aliphatic rings. The summed E-state index contributed by atoms with van der Waals surface area (Å²) in [7, 11) is 0. The van der Waals surface area contributed by atoms with Gasteiger partial charge in [-0.1, -0.05) is 5.11 Å². The molecular formula is C7H6N4O2. The Bertz CT molecular complexity index is 364. The Morgan fingerprint density at radius 1 is 1.69 bits per heavy atom. The Labute approximate surface area is 73.2 Å². The second-order valence-corrected chi connectivity index (χ2v) is 2.65. The maximum absolute atomic E-state index is 10.9. The highest BCUT2D eigenvalue weighted by atomic mass is 16.3. The van der Waals surface area contributed by atoms with Gasteiger partial charge in [0.1, 0.15) is 17.8 Å². The van der Waals surface area contributed by atoms with Crippen LogP contribution in [-0.2, 0) is 4.79 Å². The molecule has 1 amide bonds. The lowest BCUT2D eigenvalue weighted by Gasteiger charge is -2.31. The number of furan rings is 1. The zero-order chi connectivity index (χ0) is 9.26. The van der Waals surface area contributed by atoms with Crippen LogP contribution in [0.1, 0.15) is 11.8 Å². The van der Waals surface area contributed by atoms with Crippen molar-refractivity contribution >= 4 is 5.91 Å². The average Bonchev–Trinajstić information content (AvgIpc) is 2.62. The second-order valence-electron chi connectivity index (χ2n) is 2.65. The van der Waals surface area contributed by atoms with Gasteiger partial charge in [0.25, 0.3) is 0 Å². The van der Waals surface area contributed by atoms with Gasteiger partial charge >= 0.3 is 0 Å². The lowest BCUT2D eigenvalue weighted by atomic mass is 9.98. The standard InChI is InChI=1S/C7H6N4O2/c8-11-10-6-5(9-7(6)12)4-2-1-3-13-4/h1-3,5-6H,(H,9,12)/t5-,6+/m1/s1. The highest BCUT2D eigenvalue weighted by molar-refractivity contribution is 5.89. The van der Waals surface area contributed by atoms with E-state index in [1.807, 2.05) is 0 Å². The molecular weight excluding hydrogens is 172 g/mol. The predicted octanol–water partition coefficient (Wildman–Crippen LogP) is 1.13. The van der Waals surface area contributed by atoms with Crippen molar-refractivity contribution in [3.05, 3.63) is 34.6 Å². The molecule has 0 radical (unpaired) electrons. The van der Waals surface area contributed by atoms with Crippen LogP contribution < -0.4 is 5.32 Å². The summed E-state index contributed by atoms with van der Waals surface area (Å²) in [4.78, 5) is 13.5. The minimum absolute atomic E-state index is 0.265. The number of hydrogen-bond donors (Lipinski definition) is 1. The Balaban J connectivity index is 2.19. The summed E-state index contributed by atoms with van der Waals surface area (Å²) in [6.45, 7) is 0. The number of amides is 1. The third kappa shape index (κ3) is 1.13. The van der Waals surface area contributed by atoms with Crippen LogP contribution in [-0.4, -0.2) is 11.9 Å². The van der Waals surface area contributed by atoms with E-state index in [0.717, 1.165) is 0 Å². The third-order valence-corrected chi connectivity index (χ3v) is 1.91. The van der Waals surface area contributed by atoms with Crippen molar-refractivity contribution in [1.29, 1.82) is 0 Å². The smallest absolute Gasteiger partial charge is 0.232 e. The maximum Gasteiger partial charge on any atom is 0.232 e. The number of hydrogen-bond acceptors (Lipinski definition) is 3. The topological polar surface area (TPSA) is 91.0 Å². The number of azide groups is 1. The van der Waals surface area contributed by atoms with E-state index in [0.29, 0.717) is 5.76 Å². The highest BCUT2D eigenvalue weighted by Crippen LogP contribution is 2.27. The fraction of sp³-hybridized carbons (Fsp3) is 0.286. The fourth-order valence-electron chi connectivity index (χ4n) is 1.24. The summed E-state index contributed by atoms with van der Waals surface area (Å²) in [6, 6.07) is 2.46. The van der Waals surface area contributed by atoms with E-state index >= 15 is 0 Å². The molecule has 66 valence electrons. The van der Waals surface area contributed by atoms with Gasteiger partial charge in [0.05, 0.1) is 6.26 Å². The number of carbonyl (C=O) groups is 1. The van der Waals surface area contributed by atoms with Crippen LogP contribution >= 0.6 is 0 Å². The molecule has 0 saturated carbocycles. The lowest BCUT2D eigenvalue weighted by Crippen LogP contribution is -2.54. The molecule has 1 fully saturated rings. The molecule has 1 aromatic rings. The number of β-lactam (4-membered cyclic amide) rings is 1. The van der Waals surface area contributed by atoms with Crippen LogP contribution in [0.3, 0.4) is 0 Å². The van der Waals surface area contributed by atoms with Gasteiger partial charge in [0.15, 0.2) is 0 Å². The van der Waals surface area contributed by atoms with E-state index in [1.165, 1.54) is 6.26 Å². The van der Waals surface area contributed by atoms with Crippen LogP contribution in [0.4, 0.5) is 0 Å². The molecule has 6 heteroatoms. The number of carbonyl (C=O) groups excluding carboxylic acids is 1. The molecule has 13 heavy (non-hydrogen) atoms. The van der Waals surface area contributed by atoms with Crippen LogP contribution in [0, 0.1) is 0 Å². The zero-order valence-electron chi connectivity index (χ0n) is 6.54. The van der Waals surface area contributed by atoms with E-state index < -0.39 is 6.04 Å². The van der Waals surface area contributed by atoms with E-state index in [1.54, 1.807) is 12.1 Å². The SMILES string of the molecule is [N-]=[N+]=N[C@@H]1C(=O)N[C@@H]1c1ccco1. The van der Waals surface area contributed by atoms with Gasteiger partial charge in [-0.3, -0.25) is 4.79 Å². The quantitative estimate of drug-likeness (QED) is 0.318. The van der Waals surface area contributed by atoms with Crippen molar-refractivity contribution in [2.24, 2.45) is 5.11 Å². The van der Waals surface area contributed by atoms with E-state index in [2.05, 4.69) is 15.3 Å². The van der Waals surface area contributed by atoms with Gasteiger partial charge in [0.2, 0.25) is 5.91 Å². The van der Waals surface area contributed by atoms with Crippen molar-refractivity contribution in [1.82, 2.24) is 5.32 Å². The molecule has 0 aromatic carbocycles. The fourth-order valence-corrected chi connectivity index (χ4v) is 1.24. The van der Waals surface area contributed by atoms with E-state index in [-0.39, 0.29) is 11.9 Å². The first-order chi connectivity index (χ1) is 6.33. The minimum atomic E-state index is -0.670. The van der Waals surface area contributed by atoms with Crippen LogP contribution in [0.2, 0.25) is 0 Å². The molecule has 1 N–H and O–H groups in total. The Morgan fingerprint density at radius 2 is 2.54 bits per heavy atom. The normalized spacial score (nSPS) is 25.7. The largest absolute Gasteiger partial charge is 0.467 e. The van der Waals surface area contributed by atoms with Crippen molar-refractivity contribution in [2.45, 2.75) is 12.1 Å². The monoisotopic (exact) mass is 178 g/mol. The second kappa shape index (κ2) is 2.84. The van der Waals surface area contributed by atoms with Crippen molar-refractivity contribution in [3.63, 3.8) is 0 Å². The van der Waals surface area contributed by atoms with Gasteiger partial charge in [-0.25, -0.2) is 0 Å². The minimum Gasteiger partial charge on any atom is -0.467 e. The molecule has 1 aromatic heterocycles. The highest BCUT2D eigenvalue weighted by Gasteiger charge is 2.41. The number of nitrogens with zero attached hydrogens (tertiary/aromatic N) is 3. The average molecular weight is 178 g/mol. The number of rotatable bonds is 2. The molecule has 6 nitrogen and oxygen atoms in total. The maximum atomic E-state index is 10.9. The summed E-state index contributed by atoms with van der Waals surface area (Å²) in [5.74, 6) is 0.344. The first-order valence-electron chi connectivity index (χ1n) is 3.71. The molecule has 0 aliphatic carbocycles. The number of nitrogens with one attached hydrogen (secondary N) is 1. The van der Waals surface area contributed by atoms with Crippen molar-refractivity contribution in [3.8, 4) is 0 Å². The van der Waals surface area contributed by atoms with Crippen molar-refractivity contribution in [2.75, 3.05) is 0 Å². The molecule has 2 heterocycles. The molecule has 0 bridgehead atoms. The predicted molar refractivity (Wildman–Crippen MR) is 42.5 cm³/mol. The Kier molecular flexibility index (Phi) is 1.68. The zero-order valence-corrected chi connectivity index (χ0v) is 6.54. The molecule has 2 rings (SSSR count). The molecule has 0 unspecified atom stereocenters. The van der Waals surface area contributed by atoms with E-state index in [9.17, 15) is 4.79 Å². The van der Waals surface area contributed by atoms with E-state index in [4.69, 9.17) is 9.95 Å². The molecule has 2 atom stereocenters. The summed E-state index contributed by atoms with van der Waals surface area (Å²) >= 11 is 0. The first-order valence-corrected chi connectivity index (χ1v) is 3.71. The van der Waals surface area contributed by atoms with Gasteiger partial charge in [-0.2, -0.15) is 0 Å². The van der Waals surface area contributed by atoms with Crippen LogP contribution in [0.15, 0.2) is 27.9 Å². The van der Waals surface area contributed by atoms with Gasteiger partial charge < -0.3 is 9.73 Å². The summed E-state index contributed by atoms with van der Waals surface area (Å²) < 4.78 is 5.06. The van der Waals surface area contributed by atoms with Crippen molar-refractivity contribution < 1.29 is 9.21 Å². The van der Waals surface area contributed by atoms with Gasteiger partial charge in [-0.15, -0.1) is 0 Å². The van der Waals surface area contributed by atoms with Crippen LogP contribution in [0.5, 0.6) is 0 Å². The van der Waals surface area contributed by atoms with Gasteiger partial charge in [-0.05, 0) is 17.7 Å². The third-order valence-electron chi connectivity index (χ3n) is 1.91. The summed E-state index contributed by atoms with van der Waals surface area (Å²) in [6.07, 6.45) is 1.51. The lowest BCUT2D eigenvalue weighted by molar-refractivity contribution is -0.130. The van der Waals surface area contributed by atoms with Crippen LogP contribution in [0.25, 0.3) is 10.4 Å². The molecule has 0 spiro atoms. The molecule has 1 saturated heterocycles. The first kappa shape index (κ1) is 7.70. The Morgan fingerprint density at radius 3 is 3.08 bits per heavy atom.